The van der Waals surface area contributed by atoms with Gasteiger partial charge in [-0.3, -0.25) is 9.78 Å². The smallest absolute Gasteiger partial charge is 0.246 e. The molecule has 0 aliphatic carbocycles. The Morgan fingerprint density at radius 3 is 2.50 bits per heavy atom. The molecule has 5 nitrogen and oxygen atoms in total. The summed E-state index contributed by atoms with van der Waals surface area (Å²) in [6.07, 6.45) is 7.50. The molecule has 0 N–H and O–H groups in total. The van der Waals surface area contributed by atoms with E-state index in [-0.39, 0.29) is 5.91 Å². The van der Waals surface area contributed by atoms with Crippen LogP contribution in [0.5, 0.6) is 11.5 Å². The fraction of sp³-hybridized carbons (Fsp3) is 0.263. The van der Waals surface area contributed by atoms with Gasteiger partial charge in [-0.1, -0.05) is 6.07 Å². The number of aromatic nitrogens is 1. The molecule has 1 aromatic carbocycles. The van der Waals surface area contributed by atoms with Gasteiger partial charge in [-0.15, -0.1) is 0 Å². The van der Waals surface area contributed by atoms with Crippen molar-refractivity contribution in [2.75, 3.05) is 27.8 Å². The van der Waals surface area contributed by atoms with Crippen LogP contribution in [-0.2, 0) is 11.2 Å². The summed E-state index contributed by atoms with van der Waals surface area (Å²) in [6.45, 7) is 0.620. The van der Waals surface area contributed by atoms with Crippen LogP contribution >= 0.6 is 0 Å². The van der Waals surface area contributed by atoms with E-state index in [1.165, 1.54) is 0 Å². The molecule has 1 heterocycles. The zero-order chi connectivity index (χ0) is 17.4. The summed E-state index contributed by atoms with van der Waals surface area (Å²) < 4.78 is 10.5. The quantitative estimate of drug-likeness (QED) is 0.734. The van der Waals surface area contributed by atoms with Crippen LogP contribution in [0.15, 0.2) is 48.8 Å². The maximum absolute atomic E-state index is 12.1. The first-order valence-corrected chi connectivity index (χ1v) is 7.68. The van der Waals surface area contributed by atoms with E-state index in [1.54, 1.807) is 50.7 Å². The van der Waals surface area contributed by atoms with Crippen molar-refractivity contribution < 1.29 is 14.3 Å². The number of pyridine rings is 1. The molecule has 0 fully saturated rings. The molecule has 24 heavy (non-hydrogen) atoms. The van der Waals surface area contributed by atoms with Crippen LogP contribution < -0.4 is 9.47 Å². The highest BCUT2D eigenvalue weighted by Crippen LogP contribution is 2.27. The second-order valence-corrected chi connectivity index (χ2v) is 5.31. The van der Waals surface area contributed by atoms with E-state index in [4.69, 9.17) is 9.47 Å². The Balaban J connectivity index is 1.91. The highest BCUT2D eigenvalue weighted by atomic mass is 16.5. The van der Waals surface area contributed by atoms with Crippen LogP contribution in [0.25, 0.3) is 6.08 Å². The normalized spacial score (nSPS) is 10.6. The summed E-state index contributed by atoms with van der Waals surface area (Å²) in [5.74, 6) is 1.36. The van der Waals surface area contributed by atoms with Crippen molar-refractivity contribution in [1.82, 2.24) is 9.88 Å². The third-order valence-electron chi connectivity index (χ3n) is 3.68. The summed E-state index contributed by atoms with van der Waals surface area (Å²) in [7, 11) is 5.01. The minimum absolute atomic E-state index is 0.0349. The lowest BCUT2D eigenvalue weighted by Gasteiger charge is -2.16. The number of carbonyl (C=O) groups is 1. The van der Waals surface area contributed by atoms with E-state index in [1.807, 2.05) is 30.3 Å². The number of amides is 1. The molecule has 0 bridgehead atoms. The van der Waals surface area contributed by atoms with E-state index >= 15 is 0 Å². The van der Waals surface area contributed by atoms with Gasteiger partial charge in [-0.05, 0) is 47.9 Å². The number of hydrogen-bond donors (Lipinski definition) is 0. The minimum Gasteiger partial charge on any atom is -0.493 e. The maximum Gasteiger partial charge on any atom is 0.246 e. The van der Waals surface area contributed by atoms with Gasteiger partial charge in [0.05, 0.1) is 14.2 Å². The number of likely N-dealkylation sites (N-methyl/N-ethyl adjacent to an activating group) is 1. The van der Waals surface area contributed by atoms with Gasteiger partial charge >= 0.3 is 0 Å². The molecule has 0 saturated carbocycles. The second kappa shape index (κ2) is 8.72. The van der Waals surface area contributed by atoms with Crippen molar-refractivity contribution in [1.29, 1.82) is 0 Å². The predicted molar refractivity (Wildman–Crippen MR) is 94.2 cm³/mol. The molecule has 0 spiro atoms. The molecule has 0 saturated heterocycles. The Hall–Kier alpha value is -2.82. The first-order chi connectivity index (χ1) is 11.6. The molecule has 2 rings (SSSR count). The third kappa shape index (κ3) is 4.84. The Morgan fingerprint density at radius 1 is 1.12 bits per heavy atom. The number of carbonyl (C=O) groups excluding carboxylic acids is 1. The van der Waals surface area contributed by atoms with Gasteiger partial charge in [-0.25, -0.2) is 0 Å². The highest BCUT2D eigenvalue weighted by molar-refractivity contribution is 5.91. The Morgan fingerprint density at radius 2 is 1.83 bits per heavy atom. The number of rotatable bonds is 7. The second-order valence-electron chi connectivity index (χ2n) is 5.31. The zero-order valence-electron chi connectivity index (χ0n) is 14.2. The first kappa shape index (κ1) is 17.5. The molecule has 1 amide bonds. The predicted octanol–water partition coefficient (Wildman–Crippen LogP) is 2.81. The van der Waals surface area contributed by atoms with E-state index < -0.39 is 0 Å². The number of hydrogen-bond acceptors (Lipinski definition) is 4. The lowest BCUT2D eigenvalue weighted by Crippen LogP contribution is -2.27. The third-order valence-corrected chi connectivity index (χ3v) is 3.68. The van der Waals surface area contributed by atoms with Crippen LogP contribution in [0.1, 0.15) is 11.1 Å². The summed E-state index contributed by atoms with van der Waals surface area (Å²) in [6, 6.07) is 9.50. The van der Waals surface area contributed by atoms with Crippen molar-refractivity contribution in [2.24, 2.45) is 0 Å². The van der Waals surface area contributed by atoms with E-state index in [0.29, 0.717) is 18.0 Å². The summed E-state index contributed by atoms with van der Waals surface area (Å²) in [5, 5.41) is 0. The van der Waals surface area contributed by atoms with Gasteiger partial charge in [-0.2, -0.15) is 0 Å². The fourth-order valence-corrected chi connectivity index (χ4v) is 2.21. The Bertz CT molecular complexity index is 699. The molecule has 126 valence electrons. The zero-order valence-corrected chi connectivity index (χ0v) is 14.2. The van der Waals surface area contributed by atoms with Gasteiger partial charge < -0.3 is 14.4 Å². The molecule has 2 aromatic rings. The average molecular weight is 326 g/mol. The molecule has 0 aliphatic rings. The van der Waals surface area contributed by atoms with Crippen LogP contribution in [-0.4, -0.2) is 43.6 Å². The van der Waals surface area contributed by atoms with Gasteiger partial charge in [0.1, 0.15) is 0 Å². The topological polar surface area (TPSA) is 51.7 Å². The van der Waals surface area contributed by atoms with E-state index in [9.17, 15) is 4.79 Å². The van der Waals surface area contributed by atoms with Crippen LogP contribution in [0.3, 0.4) is 0 Å². The minimum atomic E-state index is -0.0349. The highest BCUT2D eigenvalue weighted by Gasteiger charge is 2.08. The van der Waals surface area contributed by atoms with Crippen molar-refractivity contribution in [3.05, 3.63) is 59.9 Å². The van der Waals surface area contributed by atoms with Gasteiger partial charge in [0.2, 0.25) is 5.91 Å². The van der Waals surface area contributed by atoms with E-state index in [2.05, 4.69) is 4.98 Å². The van der Waals surface area contributed by atoms with Gasteiger partial charge in [0.25, 0.3) is 0 Å². The van der Waals surface area contributed by atoms with E-state index in [0.717, 1.165) is 17.5 Å². The SMILES string of the molecule is COc1ccc(CCN(C)C(=O)C=Cc2ccncc2)cc1OC. The molecule has 0 radical (unpaired) electrons. The number of methoxy groups -OCH3 is 2. The summed E-state index contributed by atoms with van der Waals surface area (Å²) in [4.78, 5) is 17.8. The van der Waals surface area contributed by atoms with Crippen molar-refractivity contribution in [2.45, 2.75) is 6.42 Å². The van der Waals surface area contributed by atoms with Gasteiger partial charge in [0.15, 0.2) is 11.5 Å². The van der Waals surface area contributed by atoms with Crippen molar-refractivity contribution >= 4 is 12.0 Å². The Labute approximate surface area is 142 Å². The van der Waals surface area contributed by atoms with Crippen molar-refractivity contribution in [3.8, 4) is 11.5 Å². The lowest BCUT2D eigenvalue weighted by atomic mass is 10.1. The largest absolute Gasteiger partial charge is 0.493 e. The van der Waals surface area contributed by atoms with Crippen LogP contribution in [0, 0.1) is 0 Å². The summed E-state index contributed by atoms with van der Waals surface area (Å²) >= 11 is 0. The Kier molecular flexibility index (Phi) is 6.37. The fourth-order valence-electron chi connectivity index (χ4n) is 2.21. The molecule has 1 aromatic heterocycles. The first-order valence-electron chi connectivity index (χ1n) is 7.68. The standard InChI is InChI=1S/C19H22N2O3/c1-21(19(22)7-5-15-8-11-20-12-9-15)13-10-16-4-6-17(23-2)18(14-16)24-3/h4-9,11-12,14H,10,13H2,1-3H3. The van der Waals surface area contributed by atoms with Crippen molar-refractivity contribution in [3.63, 3.8) is 0 Å². The lowest BCUT2D eigenvalue weighted by molar-refractivity contribution is -0.124. The monoisotopic (exact) mass is 326 g/mol. The molecule has 0 unspecified atom stereocenters. The summed E-state index contributed by atoms with van der Waals surface area (Å²) in [5.41, 5.74) is 2.04. The van der Waals surface area contributed by atoms with Crippen LogP contribution in [0.2, 0.25) is 0 Å². The van der Waals surface area contributed by atoms with Crippen LogP contribution in [0.4, 0.5) is 0 Å². The molecule has 5 heteroatoms. The maximum atomic E-state index is 12.1. The number of nitrogens with zero attached hydrogens (tertiary/aromatic N) is 2. The molecular weight excluding hydrogens is 304 g/mol. The molecule has 0 aliphatic heterocycles. The number of ether oxygens (including phenoxy) is 2. The van der Waals surface area contributed by atoms with Gasteiger partial charge in [0, 0.05) is 32.1 Å². The molecular formula is C19H22N2O3. The molecule has 0 atom stereocenters. The average Bonchev–Trinajstić information content (AvgIpc) is 2.64. The number of benzene rings is 1.